The van der Waals surface area contributed by atoms with Crippen molar-refractivity contribution in [1.29, 1.82) is 0 Å². The number of carboxylic acid groups (broad SMARTS) is 1. The molecule has 0 saturated heterocycles. The maximum absolute atomic E-state index is 12.3. The number of furan rings is 1. The molecule has 0 aliphatic carbocycles. The van der Waals surface area contributed by atoms with Crippen molar-refractivity contribution < 1.29 is 19.1 Å². The minimum Gasteiger partial charge on any atom is -0.475 e. The maximum atomic E-state index is 12.3. The fourth-order valence-corrected chi connectivity index (χ4v) is 2.18. The second kappa shape index (κ2) is 5.83. The van der Waals surface area contributed by atoms with Gasteiger partial charge in [0.25, 0.3) is 5.91 Å². The van der Waals surface area contributed by atoms with Crippen molar-refractivity contribution in [1.82, 2.24) is 4.90 Å². The van der Waals surface area contributed by atoms with Crippen molar-refractivity contribution in [2.45, 2.75) is 19.9 Å². The molecule has 1 aromatic heterocycles. The average Bonchev–Trinajstić information content (AvgIpc) is 2.95. The Morgan fingerprint density at radius 2 is 1.76 bits per heavy atom. The maximum Gasteiger partial charge on any atom is 0.371 e. The number of nitrogens with zero attached hydrogens (tertiary/aromatic N) is 1. The summed E-state index contributed by atoms with van der Waals surface area (Å²) in [4.78, 5) is 24.7. The molecule has 0 bridgehead atoms. The molecule has 2 aromatic rings. The highest BCUT2D eigenvalue weighted by Crippen LogP contribution is 2.24. The molecular formula is C16H17NO4. The summed E-state index contributed by atoms with van der Waals surface area (Å²) >= 11 is 0. The number of amides is 1. The fourth-order valence-electron chi connectivity index (χ4n) is 2.18. The van der Waals surface area contributed by atoms with E-state index in [1.54, 1.807) is 7.05 Å². The molecule has 2 rings (SSSR count). The monoisotopic (exact) mass is 287 g/mol. The molecule has 1 atom stereocenters. The molecule has 0 fully saturated rings. The summed E-state index contributed by atoms with van der Waals surface area (Å²) in [6, 6.07) is 10.3. The molecule has 1 N–H and O–H groups in total. The normalized spacial score (nSPS) is 12.0. The van der Waals surface area contributed by atoms with Gasteiger partial charge in [0.15, 0.2) is 5.76 Å². The van der Waals surface area contributed by atoms with Crippen LogP contribution in [0.3, 0.4) is 0 Å². The first-order valence-electron chi connectivity index (χ1n) is 6.57. The van der Waals surface area contributed by atoms with Gasteiger partial charge in [0.2, 0.25) is 5.76 Å². The Morgan fingerprint density at radius 1 is 1.14 bits per heavy atom. The predicted molar refractivity (Wildman–Crippen MR) is 77.4 cm³/mol. The van der Waals surface area contributed by atoms with Gasteiger partial charge in [-0.2, -0.15) is 0 Å². The van der Waals surface area contributed by atoms with E-state index in [-0.39, 0.29) is 23.5 Å². The van der Waals surface area contributed by atoms with E-state index in [0.29, 0.717) is 0 Å². The van der Waals surface area contributed by atoms with Crippen LogP contribution in [-0.2, 0) is 0 Å². The number of hydrogen-bond donors (Lipinski definition) is 1. The van der Waals surface area contributed by atoms with Gasteiger partial charge in [-0.05, 0) is 37.1 Å². The number of rotatable bonds is 4. The van der Waals surface area contributed by atoms with Gasteiger partial charge in [-0.1, -0.05) is 24.3 Å². The van der Waals surface area contributed by atoms with E-state index in [1.807, 2.05) is 38.1 Å². The number of aromatic carboxylic acids is 1. The van der Waals surface area contributed by atoms with Crippen LogP contribution in [-0.4, -0.2) is 28.9 Å². The Morgan fingerprint density at radius 3 is 2.33 bits per heavy atom. The molecule has 21 heavy (non-hydrogen) atoms. The Kier molecular flexibility index (Phi) is 4.12. The summed E-state index contributed by atoms with van der Waals surface area (Å²) in [6.45, 7) is 3.90. The number of benzene rings is 1. The lowest BCUT2D eigenvalue weighted by molar-refractivity contribution is 0.0647. The molecule has 0 aliphatic heterocycles. The first-order valence-corrected chi connectivity index (χ1v) is 6.57. The van der Waals surface area contributed by atoms with Crippen LogP contribution in [0.25, 0.3) is 0 Å². The summed E-state index contributed by atoms with van der Waals surface area (Å²) in [5.74, 6) is -1.76. The molecule has 5 heteroatoms. The minimum absolute atomic E-state index is 0.0235. The third-order valence-electron chi connectivity index (χ3n) is 3.57. The van der Waals surface area contributed by atoms with Crippen molar-refractivity contribution >= 4 is 11.9 Å². The van der Waals surface area contributed by atoms with Gasteiger partial charge in [0.1, 0.15) is 0 Å². The first-order chi connectivity index (χ1) is 9.91. The Balaban J connectivity index is 2.22. The summed E-state index contributed by atoms with van der Waals surface area (Å²) in [5, 5.41) is 8.82. The zero-order valence-corrected chi connectivity index (χ0v) is 12.2. The Labute approximate surface area is 122 Å². The number of aryl methyl sites for hydroxylation is 1. The fraction of sp³-hybridized carbons (Fsp3) is 0.250. The van der Waals surface area contributed by atoms with Crippen molar-refractivity contribution in [3.8, 4) is 0 Å². The van der Waals surface area contributed by atoms with E-state index in [0.717, 1.165) is 11.1 Å². The van der Waals surface area contributed by atoms with Crippen molar-refractivity contribution in [2.24, 2.45) is 0 Å². The van der Waals surface area contributed by atoms with E-state index >= 15 is 0 Å². The topological polar surface area (TPSA) is 70.8 Å². The number of carbonyl (C=O) groups is 2. The van der Waals surface area contributed by atoms with Gasteiger partial charge >= 0.3 is 5.97 Å². The average molecular weight is 287 g/mol. The lowest BCUT2D eigenvalue weighted by atomic mass is 10.0. The summed E-state index contributed by atoms with van der Waals surface area (Å²) in [6.07, 6.45) is 0. The summed E-state index contributed by atoms with van der Waals surface area (Å²) in [5.41, 5.74) is 2.13. The van der Waals surface area contributed by atoms with Crippen LogP contribution in [0.2, 0.25) is 0 Å². The van der Waals surface area contributed by atoms with Crippen LogP contribution in [0.4, 0.5) is 0 Å². The lowest BCUT2D eigenvalue weighted by Crippen LogP contribution is -2.29. The molecule has 1 heterocycles. The largest absolute Gasteiger partial charge is 0.475 e. The molecule has 1 amide bonds. The highest BCUT2D eigenvalue weighted by molar-refractivity contribution is 5.93. The van der Waals surface area contributed by atoms with E-state index in [1.165, 1.54) is 17.0 Å². The second-order valence-electron chi connectivity index (χ2n) is 4.92. The molecule has 110 valence electrons. The smallest absolute Gasteiger partial charge is 0.371 e. The zero-order valence-electron chi connectivity index (χ0n) is 12.2. The van der Waals surface area contributed by atoms with Crippen LogP contribution in [0.5, 0.6) is 0 Å². The van der Waals surface area contributed by atoms with Crippen LogP contribution in [0.15, 0.2) is 40.8 Å². The molecule has 0 spiro atoms. The van der Waals surface area contributed by atoms with E-state index < -0.39 is 5.97 Å². The quantitative estimate of drug-likeness (QED) is 0.937. The molecule has 0 aliphatic rings. The molecule has 5 nitrogen and oxygen atoms in total. The van der Waals surface area contributed by atoms with Crippen LogP contribution in [0, 0.1) is 6.92 Å². The lowest BCUT2D eigenvalue weighted by Gasteiger charge is -2.25. The van der Waals surface area contributed by atoms with Crippen molar-refractivity contribution in [2.75, 3.05) is 7.05 Å². The van der Waals surface area contributed by atoms with Gasteiger partial charge in [0.05, 0.1) is 6.04 Å². The van der Waals surface area contributed by atoms with Gasteiger partial charge in [-0.15, -0.1) is 0 Å². The Hall–Kier alpha value is -2.56. The van der Waals surface area contributed by atoms with Gasteiger partial charge in [-0.3, -0.25) is 4.79 Å². The van der Waals surface area contributed by atoms with Crippen LogP contribution < -0.4 is 0 Å². The zero-order chi connectivity index (χ0) is 15.6. The molecule has 0 radical (unpaired) electrons. The van der Waals surface area contributed by atoms with E-state index in [4.69, 9.17) is 9.52 Å². The first kappa shape index (κ1) is 14.8. The van der Waals surface area contributed by atoms with E-state index in [9.17, 15) is 9.59 Å². The predicted octanol–water partition coefficient (Wildman–Crippen LogP) is 3.12. The van der Waals surface area contributed by atoms with Gasteiger partial charge in [0, 0.05) is 7.05 Å². The number of hydrogen-bond acceptors (Lipinski definition) is 3. The Bertz CT molecular complexity index is 674. The standard InChI is InChI=1S/C16H17NO4/c1-10-6-4-5-7-12(10)11(2)17(3)15(18)13-8-9-14(21-13)16(19)20/h4-9,11H,1-3H3,(H,19,20)/t11-/m0/s1. The number of carbonyl (C=O) groups excluding carboxylic acids is 1. The SMILES string of the molecule is Cc1ccccc1[C@H](C)N(C)C(=O)c1ccc(C(=O)O)o1. The van der Waals surface area contributed by atoms with Crippen molar-refractivity contribution in [3.05, 3.63) is 59.0 Å². The van der Waals surface area contributed by atoms with Gasteiger partial charge < -0.3 is 14.4 Å². The van der Waals surface area contributed by atoms with Crippen LogP contribution >= 0.6 is 0 Å². The molecular weight excluding hydrogens is 270 g/mol. The third-order valence-corrected chi connectivity index (χ3v) is 3.57. The molecule has 0 unspecified atom stereocenters. The molecule has 1 aromatic carbocycles. The molecule has 0 saturated carbocycles. The second-order valence-corrected chi connectivity index (χ2v) is 4.92. The van der Waals surface area contributed by atoms with Gasteiger partial charge in [-0.25, -0.2) is 4.79 Å². The highest BCUT2D eigenvalue weighted by atomic mass is 16.4. The minimum atomic E-state index is -1.19. The third kappa shape index (κ3) is 2.97. The number of carboxylic acids is 1. The van der Waals surface area contributed by atoms with Crippen LogP contribution in [0.1, 0.15) is 45.2 Å². The summed E-state index contributed by atoms with van der Waals surface area (Å²) in [7, 11) is 1.67. The highest BCUT2D eigenvalue weighted by Gasteiger charge is 2.23. The van der Waals surface area contributed by atoms with Crippen molar-refractivity contribution in [3.63, 3.8) is 0 Å². The van der Waals surface area contributed by atoms with E-state index in [2.05, 4.69) is 0 Å². The summed E-state index contributed by atoms with van der Waals surface area (Å²) < 4.78 is 5.05.